The number of hydrogen-bond donors (Lipinski definition) is 1. The third kappa shape index (κ3) is 4.35. The van der Waals surface area contributed by atoms with Gasteiger partial charge in [-0.15, -0.1) is 0 Å². The van der Waals surface area contributed by atoms with Gasteiger partial charge in [0, 0.05) is 32.6 Å². The maximum atomic E-state index is 13.7. The van der Waals surface area contributed by atoms with Gasteiger partial charge in [-0.3, -0.25) is 9.59 Å². The Morgan fingerprint density at radius 3 is 2.38 bits per heavy atom. The van der Waals surface area contributed by atoms with Gasteiger partial charge in [0.1, 0.15) is 12.2 Å². The van der Waals surface area contributed by atoms with Crippen LogP contribution in [0.15, 0.2) is 71.5 Å². The van der Waals surface area contributed by atoms with E-state index in [4.69, 9.17) is 11.6 Å². The van der Waals surface area contributed by atoms with Gasteiger partial charge in [-0.25, -0.2) is 4.68 Å². The van der Waals surface area contributed by atoms with Gasteiger partial charge in [0.15, 0.2) is 0 Å². The molecule has 0 unspecified atom stereocenters. The number of aliphatic carboxylic acids is 1. The van der Waals surface area contributed by atoms with E-state index in [0.717, 1.165) is 10.7 Å². The summed E-state index contributed by atoms with van der Waals surface area (Å²) in [5.74, 6) is -1.05. The largest absolute Gasteiger partial charge is 0.480 e. The van der Waals surface area contributed by atoms with E-state index < -0.39 is 29.8 Å². The van der Waals surface area contributed by atoms with E-state index in [1.807, 2.05) is 0 Å². The van der Waals surface area contributed by atoms with E-state index in [2.05, 4.69) is 5.10 Å². The second-order valence-corrected chi connectivity index (χ2v) is 9.05. The Hall–Kier alpha value is -4.11. The minimum atomic E-state index is -4.60. The van der Waals surface area contributed by atoms with Crippen LogP contribution in [0.25, 0.3) is 32.9 Å². The predicted octanol–water partition coefficient (Wildman–Crippen LogP) is 6.13. The van der Waals surface area contributed by atoms with Gasteiger partial charge in [-0.2, -0.15) is 18.3 Å². The van der Waals surface area contributed by atoms with E-state index in [9.17, 15) is 27.9 Å². The van der Waals surface area contributed by atoms with Gasteiger partial charge < -0.3 is 9.67 Å². The molecular formula is C27H19ClF3N3O3. The number of carboxylic acids is 1. The summed E-state index contributed by atoms with van der Waals surface area (Å²) < 4.78 is 43.6. The molecule has 0 aliphatic carbocycles. The highest BCUT2D eigenvalue weighted by molar-refractivity contribution is 6.31. The zero-order valence-corrected chi connectivity index (χ0v) is 20.1. The predicted molar refractivity (Wildman–Crippen MR) is 135 cm³/mol. The summed E-state index contributed by atoms with van der Waals surface area (Å²) >= 11 is 6.28. The van der Waals surface area contributed by atoms with Crippen molar-refractivity contribution in [2.75, 3.05) is 0 Å². The summed E-state index contributed by atoms with van der Waals surface area (Å²) in [4.78, 5) is 25.0. The van der Waals surface area contributed by atoms with Crippen molar-refractivity contribution in [1.82, 2.24) is 14.3 Å². The Labute approximate surface area is 213 Å². The lowest BCUT2D eigenvalue weighted by atomic mass is 10.0. The fraction of sp³-hybridized carbons (Fsp3) is 0.148. The van der Waals surface area contributed by atoms with Crippen LogP contribution in [0.4, 0.5) is 13.2 Å². The minimum Gasteiger partial charge on any atom is -0.480 e. The third-order valence-corrected chi connectivity index (χ3v) is 6.56. The zero-order chi connectivity index (χ0) is 26.5. The average Bonchev–Trinajstić information content (AvgIpc) is 3.10. The van der Waals surface area contributed by atoms with Crippen molar-refractivity contribution in [2.24, 2.45) is 0 Å². The number of alkyl halides is 3. The number of carbonyl (C=O) groups is 1. The second kappa shape index (κ2) is 9.08. The van der Waals surface area contributed by atoms with Crippen molar-refractivity contribution in [3.05, 3.63) is 98.9 Å². The van der Waals surface area contributed by atoms with E-state index >= 15 is 0 Å². The van der Waals surface area contributed by atoms with Crippen LogP contribution < -0.4 is 5.56 Å². The number of benzene rings is 3. The topological polar surface area (TPSA) is 77.1 Å². The lowest BCUT2D eigenvalue weighted by Crippen LogP contribution is -2.25. The maximum absolute atomic E-state index is 13.7. The van der Waals surface area contributed by atoms with Crippen LogP contribution in [0, 0.1) is 6.92 Å². The van der Waals surface area contributed by atoms with Crippen molar-refractivity contribution in [1.29, 1.82) is 0 Å². The van der Waals surface area contributed by atoms with Crippen molar-refractivity contribution in [3.8, 4) is 11.3 Å². The van der Waals surface area contributed by atoms with Crippen LogP contribution in [0.2, 0.25) is 5.02 Å². The van der Waals surface area contributed by atoms with Gasteiger partial charge in [-0.1, -0.05) is 48.0 Å². The Kier molecular flexibility index (Phi) is 6.03. The monoisotopic (exact) mass is 525 g/mol. The van der Waals surface area contributed by atoms with Crippen molar-refractivity contribution in [3.63, 3.8) is 0 Å². The average molecular weight is 526 g/mol. The van der Waals surface area contributed by atoms with Gasteiger partial charge in [0.25, 0.3) is 5.56 Å². The standard InChI is InChI=1S/C27H19ClF3N3O3/c1-15-24(20-12-17(28)10-11-22(20)33(15)14-23(35)36)25-18-7-3-4-8-19(18)26(37)34(32-25)13-16-6-2-5-9-21(16)27(29,30)31/h2-12H,13-14H2,1H3,(H,35,36). The van der Waals surface area contributed by atoms with Crippen LogP contribution in [-0.2, 0) is 24.1 Å². The zero-order valence-electron chi connectivity index (χ0n) is 19.4. The van der Waals surface area contributed by atoms with E-state index in [1.54, 1.807) is 54.0 Å². The lowest BCUT2D eigenvalue weighted by Gasteiger charge is -2.15. The van der Waals surface area contributed by atoms with Gasteiger partial charge in [0.05, 0.1) is 17.5 Å². The molecule has 10 heteroatoms. The molecule has 5 rings (SSSR count). The van der Waals surface area contributed by atoms with Gasteiger partial charge in [0.2, 0.25) is 0 Å². The molecule has 0 radical (unpaired) electrons. The first-order chi connectivity index (χ1) is 17.6. The molecule has 2 heterocycles. The van der Waals surface area contributed by atoms with E-state index in [0.29, 0.717) is 38.3 Å². The van der Waals surface area contributed by atoms with Crippen molar-refractivity contribution in [2.45, 2.75) is 26.2 Å². The fourth-order valence-electron chi connectivity index (χ4n) is 4.72. The summed E-state index contributed by atoms with van der Waals surface area (Å²) in [6, 6.07) is 16.8. The summed E-state index contributed by atoms with van der Waals surface area (Å²) in [5, 5.41) is 15.8. The Morgan fingerprint density at radius 1 is 1.00 bits per heavy atom. The second-order valence-electron chi connectivity index (χ2n) is 8.61. The highest BCUT2D eigenvalue weighted by atomic mass is 35.5. The Balaban J connectivity index is 1.82. The molecule has 0 amide bonds. The van der Waals surface area contributed by atoms with E-state index in [-0.39, 0.29) is 17.5 Å². The molecule has 0 aliphatic rings. The molecule has 0 bridgehead atoms. The molecule has 188 valence electrons. The molecule has 0 fully saturated rings. The molecule has 1 N–H and O–H groups in total. The Bertz CT molecular complexity index is 1760. The molecule has 37 heavy (non-hydrogen) atoms. The highest BCUT2D eigenvalue weighted by Crippen LogP contribution is 2.38. The smallest absolute Gasteiger partial charge is 0.416 e. The molecule has 5 aromatic rings. The normalized spacial score (nSPS) is 11.9. The van der Waals surface area contributed by atoms with Crippen LogP contribution in [0.1, 0.15) is 16.8 Å². The van der Waals surface area contributed by atoms with Crippen molar-refractivity contribution < 1.29 is 23.1 Å². The van der Waals surface area contributed by atoms with Crippen LogP contribution in [0.3, 0.4) is 0 Å². The van der Waals surface area contributed by atoms with Gasteiger partial charge in [-0.05, 0) is 42.8 Å². The SMILES string of the molecule is Cc1c(-c2nn(Cc3ccccc3C(F)(F)F)c(=O)c3ccccc23)c2cc(Cl)ccc2n1CC(=O)O. The lowest BCUT2D eigenvalue weighted by molar-refractivity contribution is -0.138. The summed E-state index contributed by atoms with van der Waals surface area (Å²) in [7, 11) is 0. The first-order valence-corrected chi connectivity index (χ1v) is 11.6. The first kappa shape index (κ1) is 24.6. The molecule has 0 aliphatic heterocycles. The highest BCUT2D eigenvalue weighted by Gasteiger charge is 2.33. The molecule has 3 aromatic carbocycles. The van der Waals surface area contributed by atoms with Crippen molar-refractivity contribution >= 4 is 39.2 Å². The molecule has 6 nitrogen and oxygen atoms in total. The number of rotatable bonds is 5. The van der Waals surface area contributed by atoms with Crippen LogP contribution in [0.5, 0.6) is 0 Å². The minimum absolute atomic E-state index is 0.0982. The molecule has 0 saturated carbocycles. The van der Waals surface area contributed by atoms with E-state index in [1.165, 1.54) is 18.2 Å². The number of aromatic nitrogens is 3. The number of fused-ring (bicyclic) bond motifs is 2. The first-order valence-electron chi connectivity index (χ1n) is 11.2. The maximum Gasteiger partial charge on any atom is 0.416 e. The molecular weight excluding hydrogens is 507 g/mol. The molecule has 0 saturated heterocycles. The Morgan fingerprint density at radius 2 is 1.68 bits per heavy atom. The third-order valence-electron chi connectivity index (χ3n) is 6.33. The number of hydrogen-bond acceptors (Lipinski definition) is 3. The quantitative estimate of drug-likeness (QED) is 0.299. The van der Waals surface area contributed by atoms with Crippen LogP contribution >= 0.6 is 11.6 Å². The summed E-state index contributed by atoms with van der Waals surface area (Å²) in [6.45, 7) is 1.01. The number of halogens is 4. The number of nitrogens with zero attached hydrogens (tertiary/aromatic N) is 3. The number of carboxylic acid groups (broad SMARTS) is 1. The molecule has 0 atom stereocenters. The fourth-order valence-corrected chi connectivity index (χ4v) is 4.89. The molecule has 2 aromatic heterocycles. The molecule has 0 spiro atoms. The summed E-state index contributed by atoms with van der Waals surface area (Å²) in [5.41, 5.74) is 0.574. The van der Waals surface area contributed by atoms with Gasteiger partial charge >= 0.3 is 12.1 Å². The van der Waals surface area contributed by atoms with Crippen LogP contribution in [-0.4, -0.2) is 25.4 Å². The summed E-state index contributed by atoms with van der Waals surface area (Å²) in [6.07, 6.45) is -4.60.